The lowest BCUT2D eigenvalue weighted by Crippen LogP contribution is -1.84. The van der Waals surface area contributed by atoms with Crippen molar-refractivity contribution in [3.8, 4) is 22.5 Å². The van der Waals surface area contributed by atoms with E-state index in [1.54, 1.807) is 0 Å². The van der Waals surface area contributed by atoms with E-state index in [2.05, 4.69) is 123 Å². The maximum absolute atomic E-state index is 6.72. The van der Waals surface area contributed by atoms with Gasteiger partial charge in [0, 0.05) is 30.8 Å². The Labute approximate surface area is 196 Å². The molecule has 0 N–H and O–H groups in total. The zero-order chi connectivity index (χ0) is 20.9. The average molecular weight is 528 g/mol. The monoisotopic (exact) mass is 526 g/mol. The van der Waals surface area contributed by atoms with Crippen LogP contribution < -0.4 is 0 Å². The van der Waals surface area contributed by atoms with E-state index in [0.29, 0.717) is 0 Å². The molecule has 0 saturated heterocycles. The fraction of sp³-hybridized carbons (Fsp3) is 0. The average Bonchev–Trinajstić information content (AvgIpc) is 3.21. The quantitative estimate of drug-likeness (QED) is 0.204. The second-order valence-electron chi connectivity index (χ2n) is 7.62. The molecule has 3 heteroatoms. The van der Waals surface area contributed by atoms with E-state index < -0.39 is 0 Å². The first kappa shape index (κ1) is 18.9. The van der Waals surface area contributed by atoms with Gasteiger partial charge in [0.25, 0.3) is 0 Å². The Bertz CT molecular complexity index is 1580. The third kappa shape index (κ3) is 3.03. The Morgan fingerprint density at radius 1 is 0.516 bits per heavy atom. The Balaban J connectivity index is 1.91. The number of benzene rings is 5. The maximum Gasteiger partial charge on any atom is 0.143 e. The summed E-state index contributed by atoms with van der Waals surface area (Å²) < 4.78 is 8.81. The van der Waals surface area contributed by atoms with Gasteiger partial charge in [-0.3, -0.25) is 0 Å². The summed E-state index contributed by atoms with van der Waals surface area (Å²) in [5.74, 6) is 0.899. The minimum absolute atomic E-state index is 0.899. The Morgan fingerprint density at radius 3 is 1.71 bits per heavy atom. The molecule has 5 aromatic carbocycles. The lowest BCUT2D eigenvalue weighted by atomic mass is 9.92. The van der Waals surface area contributed by atoms with Crippen LogP contribution in [0.4, 0.5) is 0 Å². The van der Waals surface area contributed by atoms with Gasteiger partial charge in [0.1, 0.15) is 11.3 Å². The van der Waals surface area contributed by atoms with Crippen LogP contribution in [-0.2, 0) is 0 Å². The molecule has 0 atom stereocenters. The number of rotatable bonds is 2. The highest BCUT2D eigenvalue weighted by Crippen LogP contribution is 2.47. The smallest absolute Gasteiger partial charge is 0.143 e. The standard InChI is InChI=1S/C28H16Br2O/c29-19-11-13-21-22-14-12-20(30)16-24(22)28-26(23(21)15-19)25(17-7-3-1-4-8-17)27(31-28)18-9-5-2-6-10-18/h1-16H. The van der Waals surface area contributed by atoms with Crippen molar-refractivity contribution in [1.29, 1.82) is 0 Å². The van der Waals surface area contributed by atoms with Crippen LogP contribution in [-0.4, -0.2) is 0 Å². The molecular weight excluding hydrogens is 512 g/mol. The minimum Gasteiger partial charge on any atom is -0.455 e. The highest BCUT2D eigenvalue weighted by molar-refractivity contribution is 9.10. The second-order valence-corrected chi connectivity index (χ2v) is 9.45. The van der Waals surface area contributed by atoms with Gasteiger partial charge in [-0.25, -0.2) is 0 Å². The first-order valence-corrected chi connectivity index (χ1v) is 11.7. The molecule has 0 aliphatic carbocycles. The molecule has 0 amide bonds. The van der Waals surface area contributed by atoms with Gasteiger partial charge in [-0.1, -0.05) is 105 Å². The first-order valence-electron chi connectivity index (χ1n) is 10.1. The SMILES string of the molecule is Brc1ccc2c3ccc(Br)cc3c3c(-c4ccccc4)c(-c4ccccc4)oc3c2c1. The molecule has 0 bridgehead atoms. The molecule has 6 rings (SSSR count). The van der Waals surface area contributed by atoms with Crippen molar-refractivity contribution in [2.75, 3.05) is 0 Å². The van der Waals surface area contributed by atoms with Gasteiger partial charge < -0.3 is 4.42 Å². The third-order valence-corrected chi connectivity index (χ3v) is 6.76. The normalized spacial score (nSPS) is 11.5. The predicted octanol–water partition coefficient (Wildman–Crippen LogP) is 9.60. The van der Waals surface area contributed by atoms with Crippen LogP contribution in [0.2, 0.25) is 0 Å². The maximum atomic E-state index is 6.72. The summed E-state index contributed by atoms with van der Waals surface area (Å²) in [6, 6.07) is 33.8. The van der Waals surface area contributed by atoms with Crippen LogP contribution in [0, 0.1) is 0 Å². The van der Waals surface area contributed by atoms with Crippen molar-refractivity contribution in [1.82, 2.24) is 0 Å². The van der Waals surface area contributed by atoms with E-state index >= 15 is 0 Å². The van der Waals surface area contributed by atoms with Crippen molar-refractivity contribution in [3.63, 3.8) is 0 Å². The molecule has 0 radical (unpaired) electrons. The van der Waals surface area contributed by atoms with Gasteiger partial charge in [0.05, 0.1) is 0 Å². The van der Waals surface area contributed by atoms with E-state index in [4.69, 9.17) is 4.42 Å². The van der Waals surface area contributed by atoms with Crippen LogP contribution in [0.1, 0.15) is 0 Å². The third-order valence-electron chi connectivity index (χ3n) is 5.77. The van der Waals surface area contributed by atoms with Gasteiger partial charge >= 0.3 is 0 Å². The summed E-state index contributed by atoms with van der Waals surface area (Å²) in [6.07, 6.45) is 0. The Kier molecular flexibility index (Phi) is 4.48. The number of fused-ring (bicyclic) bond motifs is 6. The Hall–Kier alpha value is -2.88. The highest BCUT2D eigenvalue weighted by atomic mass is 79.9. The predicted molar refractivity (Wildman–Crippen MR) is 137 cm³/mol. The first-order chi connectivity index (χ1) is 15.2. The number of furan rings is 1. The van der Waals surface area contributed by atoms with E-state index in [1.807, 2.05) is 6.07 Å². The lowest BCUT2D eigenvalue weighted by Gasteiger charge is -2.09. The molecule has 0 saturated carbocycles. The molecule has 6 aromatic rings. The van der Waals surface area contributed by atoms with E-state index in [1.165, 1.54) is 16.2 Å². The van der Waals surface area contributed by atoms with Crippen molar-refractivity contribution < 1.29 is 4.42 Å². The van der Waals surface area contributed by atoms with Gasteiger partial charge in [-0.15, -0.1) is 0 Å². The summed E-state index contributed by atoms with van der Waals surface area (Å²) in [6.45, 7) is 0. The van der Waals surface area contributed by atoms with Gasteiger partial charge in [0.2, 0.25) is 0 Å². The van der Waals surface area contributed by atoms with Crippen molar-refractivity contribution in [3.05, 3.63) is 106 Å². The molecule has 0 fully saturated rings. The highest BCUT2D eigenvalue weighted by Gasteiger charge is 2.22. The summed E-state index contributed by atoms with van der Waals surface area (Å²) >= 11 is 7.35. The zero-order valence-corrected chi connectivity index (χ0v) is 19.6. The molecule has 148 valence electrons. The van der Waals surface area contributed by atoms with Crippen LogP contribution in [0.15, 0.2) is 110 Å². The van der Waals surface area contributed by atoms with Crippen LogP contribution in [0.25, 0.3) is 55.0 Å². The number of hydrogen-bond donors (Lipinski definition) is 0. The lowest BCUT2D eigenvalue weighted by molar-refractivity contribution is 0.636. The van der Waals surface area contributed by atoms with E-state index in [-0.39, 0.29) is 0 Å². The molecule has 31 heavy (non-hydrogen) atoms. The van der Waals surface area contributed by atoms with Crippen molar-refractivity contribution in [2.24, 2.45) is 0 Å². The molecule has 1 nitrogen and oxygen atoms in total. The van der Waals surface area contributed by atoms with E-state index in [9.17, 15) is 0 Å². The Morgan fingerprint density at radius 2 is 1.06 bits per heavy atom. The second kappa shape index (κ2) is 7.37. The fourth-order valence-corrected chi connectivity index (χ4v) is 5.17. The molecule has 0 unspecified atom stereocenters. The summed E-state index contributed by atoms with van der Waals surface area (Å²) in [5, 5.41) is 5.84. The summed E-state index contributed by atoms with van der Waals surface area (Å²) in [5.41, 5.74) is 4.27. The van der Waals surface area contributed by atoms with Crippen LogP contribution in [0.3, 0.4) is 0 Å². The van der Waals surface area contributed by atoms with Gasteiger partial charge in [-0.2, -0.15) is 0 Å². The van der Waals surface area contributed by atoms with Crippen molar-refractivity contribution in [2.45, 2.75) is 0 Å². The van der Waals surface area contributed by atoms with Gasteiger partial charge in [0.15, 0.2) is 0 Å². The van der Waals surface area contributed by atoms with Crippen LogP contribution >= 0.6 is 31.9 Å². The molecule has 0 aliphatic rings. The minimum atomic E-state index is 0.899. The fourth-order valence-electron chi connectivity index (χ4n) is 4.45. The summed E-state index contributed by atoms with van der Waals surface area (Å²) in [7, 11) is 0. The molecule has 0 spiro atoms. The molecule has 0 aliphatic heterocycles. The van der Waals surface area contributed by atoms with Gasteiger partial charge in [-0.05, 0) is 46.0 Å². The zero-order valence-electron chi connectivity index (χ0n) is 16.4. The topological polar surface area (TPSA) is 13.1 Å². The molecule has 1 aromatic heterocycles. The number of halogens is 2. The molecular formula is C28H16Br2O. The van der Waals surface area contributed by atoms with Crippen LogP contribution in [0.5, 0.6) is 0 Å². The largest absolute Gasteiger partial charge is 0.455 e. The molecule has 1 heterocycles. The van der Waals surface area contributed by atoms with Crippen molar-refractivity contribution >= 4 is 64.4 Å². The summed E-state index contributed by atoms with van der Waals surface area (Å²) in [4.78, 5) is 0. The number of hydrogen-bond acceptors (Lipinski definition) is 1. The van der Waals surface area contributed by atoms with E-state index in [0.717, 1.165) is 47.8 Å².